The molecule has 1 atom stereocenters. The molecule has 0 aliphatic heterocycles. The van der Waals surface area contributed by atoms with E-state index in [2.05, 4.69) is 5.32 Å². The lowest BCUT2D eigenvalue weighted by atomic mass is 10.0. The van der Waals surface area contributed by atoms with Crippen molar-refractivity contribution in [2.24, 2.45) is 0 Å². The van der Waals surface area contributed by atoms with E-state index >= 15 is 0 Å². The lowest BCUT2D eigenvalue weighted by Crippen LogP contribution is -2.39. The summed E-state index contributed by atoms with van der Waals surface area (Å²) >= 11 is 1.14. The van der Waals surface area contributed by atoms with Crippen molar-refractivity contribution in [3.05, 3.63) is 52.4 Å². The minimum atomic E-state index is -3.61. The normalized spacial score (nSPS) is 13.0. The molecule has 24 heavy (non-hydrogen) atoms. The third kappa shape index (κ3) is 4.23. The maximum Gasteiger partial charge on any atom is 0.252 e. The van der Waals surface area contributed by atoms with Crippen LogP contribution in [0.5, 0.6) is 0 Å². The van der Waals surface area contributed by atoms with Crippen LogP contribution in [-0.4, -0.2) is 32.2 Å². The summed E-state index contributed by atoms with van der Waals surface area (Å²) in [6.07, 6.45) is 0. The molecule has 7 heteroatoms. The van der Waals surface area contributed by atoms with Gasteiger partial charge in [0, 0.05) is 7.05 Å². The predicted molar refractivity (Wildman–Crippen MR) is 96.6 cm³/mol. The number of carbonyl (C=O) groups is 1. The van der Waals surface area contributed by atoms with Crippen LogP contribution < -0.4 is 5.32 Å². The standard InChI is InChI=1S/C17H22N2O3S2/c1-12-7-8-15(10-13(12)2)14(3)18-16(20)11-19(4)24(21,22)17-6-5-9-23-17/h5-10,14H,11H2,1-4H3,(H,18,20). The molecule has 0 saturated carbocycles. The summed E-state index contributed by atoms with van der Waals surface area (Å²) in [7, 11) is -2.20. The van der Waals surface area contributed by atoms with E-state index in [1.165, 1.54) is 18.7 Å². The monoisotopic (exact) mass is 366 g/mol. The average molecular weight is 367 g/mol. The molecule has 0 aliphatic rings. The predicted octanol–water partition coefficient (Wildman–Crippen LogP) is 2.86. The minimum Gasteiger partial charge on any atom is -0.348 e. The Hall–Kier alpha value is -1.70. The molecule has 5 nitrogen and oxygen atoms in total. The zero-order valence-electron chi connectivity index (χ0n) is 14.2. The van der Waals surface area contributed by atoms with E-state index in [-0.39, 0.29) is 22.7 Å². The number of aryl methyl sites for hydroxylation is 2. The first-order valence-electron chi connectivity index (χ1n) is 7.58. The molecular formula is C17H22N2O3S2. The van der Waals surface area contributed by atoms with Crippen molar-refractivity contribution in [2.75, 3.05) is 13.6 Å². The lowest BCUT2D eigenvalue weighted by molar-refractivity contribution is -0.121. The van der Waals surface area contributed by atoms with Crippen LogP contribution in [0.4, 0.5) is 0 Å². The zero-order chi connectivity index (χ0) is 17.9. The Bertz CT molecular complexity index is 814. The van der Waals surface area contributed by atoms with Gasteiger partial charge in [-0.3, -0.25) is 4.79 Å². The van der Waals surface area contributed by atoms with E-state index in [0.29, 0.717) is 0 Å². The van der Waals surface area contributed by atoms with Crippen LogP contribution in [0, 0.1) is 13.8 Å². The molecule has 1 aromatic carbocycles. The van der Waals surface area contributed by atoms with Crippen molar-refractivity contribution in [3.8, 4) is 0 Å². The first-order valence-corrected chi connectivity index (χ1v) is 9.90. The fourth-order valence-corrected chi connectivity index (χ4v) is 4.58. The maximum absolute atomic E-state index is 12.3. The summed E-state index contributed by atoms with van der Waals surface area (Å²) in [4.78, 5) is 12.2. The molecule has 1 unspecified atom stereocenters. The molecule has 1 aromatic heterocycles. The summed E-state index contributed by atoms with van der Waals surface area (Å²) in [6, 6.07) is 9.04. The topological polar surface area (TPSA) is 66.5 Å². The highest BCUT2D eigenvalue weighted by molar-refractivity contribution is 7.91. The first-order chi connectivity index (χ1) is 11.2. The molecular weight excluding hydrogens is 344 g/mol. The molecule has 0 bridgehead atoms. The maximum atomic E-state index is 12.3. The second kappa shape index (κ2) is 7.46. The summed E-state index contributed by atoms with van der Waals surface area (Å²) in [5.41, 5.74) is 3.35. The summed E-state index contributed by atoms with van der Waals surface area (Å²) in [5, 5.41) is 4.55. The Balaban J connectivity index is 2.01. The highest BCUT2D eigenvalue weighted by Crippen LogP contribution is 2.20. The van der Waals surface area contributed by atoms with Gasteiger partial charge >= 0.3 is 0 Å². The van der Waals surface area contributed by atoms with Gasteiger partial charge in [-0.15, -0.1) is 11.3 Å². The van der Waals surface area contributed by atoms with Gasteiger partial charge in [0.05, 0.1) is 12.6 Å². The molecule has 130 valence electrons. The fraction of sp³-hybridized carbons (Fsp3) is 0.353. The van der Waals surface area contributed by atoms with Crippen LogP contribution in [-0.2, 0) is 14.8 Å². The Morgan fingerprint density at radius 2 is 1.96 bits per heavy atom. The number of hydrogen-bond donors (Lipinski definition) is 1. The van der Waals surface area contributed by atoms with Crippen molar-refractivity contribution in [2.45, 2.75) is 31.0 Å². The number of nitrogens with one attached hydrogen (secondary N) is 1. The Kier molecular flexibility index (Phi) is 5.79. The van der Waals surface area contributed by atoms with Gasteiger partial charge in [0.1, 0.15) is 4.21 Å². The first kappa shape index (κ1) is 18.6. The van der Waals surface area contributed by atoms with Gasteiger partial charge in [-0.2, -0.15) is 4.31 Å². The molecule has 1 heterocycles. The van der Waals surface area contributed by atoms with E-state index in [4.69, 9.17) is 0 Å². The summed E-state index contributed by atoms with van der Waals surface area (Å²) in [5.74, 6) is -0.330. The van der Waals surface area contributed by atoms with Crippen molar-refractivity contribution in [3.63, 3.8) is 0 Å². The number of rotatable bonds is 6. The quantitative estimate of drug-likeness (QED) is 0.855. The SMILES string of the molecule is Cc1ccc(C(C)NC(=O)CN(C)S(=O)(=O)c2cccs2)cc1C. The Morgan fingerprint density at radius 1 is 1.25 bits per heavy atom. The van der Waals surface area contributed by atoms with Crippen LogP contribution in [0.2, 0.25) is 0 Å². The van der Waals surface area contributed by atoms with E-state index in [9.17, 15) is 13.2 Å². The molecule has 2 aromatic rings. The summed E-state index contributed by atoms with van der Waals surface area (Å²) < 4.78 is 26.0. The smallest absolute Gasteiger partial charge is 0.252 e. The molecule has 0 radical (unpaired) electrons. The number of likely N-dealkylation sites (N-methyl/N-ethyl adjacent to an activating group) is 1. The van der Waals surface area contributed by atoms with Crippen LogP contribution in [0.1, 0.15) is 29.7 Å². The van der Waals surface area contributed by atoms with Crippen molar-refractivity contribution >= 4 is 27.3 Å². The van der Waals surface area contributed by atoms with E-state index < -0.39 is 10.0 Å². The van der Waals surface area contributed by atoms with Gasteiger partial charge in [-0.1, -0.05) is 24.3 Å². The number of thiophene rings is 1. The lowest BCUT2D eigenvalue weighted by Gasteiger charge is -2.19. The number of amides is 1. The van der Waals surface area contributed by atoms with Gasteiger partial charge in [0.2, 0.25) is 5.91 Å². The third-order valence-corrected chi connectivity index (χ3v) is 7.11. The van der Waals surface area contributed by atoms with Crippen molar-refractivity contribution in [1.29, 1.82) is 0 Å². The van der Waals surface area contributed by atoms with Gasteiger partial charge in [-0.25, -0.2) is 8.42 Å². The minimum absolute atomic E-state index is 0.186. The molecule has 0 spiro atoms. The number of carbonyl (C=O) groups excluding carboxylic acids is 1. The number of hydrogen-bond acceptors (Lipinski definition) is 4. The van der Waals surface area contributed by atoms with Crippen LogP contribution >= 0.6 is 11.3 Å². The number of benzene rings is 1. The van der Waals surface area contributed by atoms with Crippen LogP contribution in [0.15, 0.2) is 39.9 Å². The molecule has 1 N–H and O–H groups in total. The molecule has 0 fully saturated rings. The van der Waals surface area contributed by atoms with Crippen molar-refractivity contribution < 1.29 is 13.2 Å². The zero-order valence-corrected chi connectivity index (χ0v) is 15.9. The van der Waals surface area contributed by atoms with Gasteiger partial charge in [-0.05, 0) is 48.9 Å². The third-order valence-electron chi connectivity index (χ3n) is 3.93. The van der Waals surface area contributed by atoms with Gasteiger partial charge in [0.15, 0.2) is 0 Å². The van der Waals surface area contributed by atoms with E-state index in [1.807, 2.05) is 39.0 Å². The molecule has 0 saturated heterocycles. The van der Waals surface area contributed by atoms with E-state index in [0.717, 1.165) is 26.8 Å². The second-order valence-corrected chi connectivity index (χ2v) is 9.05. The van der Waals surface area contributed by atoms with Crippen LogP contribution in [0.3, 0.4) is 0 Å². The second-order valence-electron chi connectivity index (χ2n) is 5.83. The molecule has 0 aliphatic carbocycles. The van der Waals surface area contributed by atoms with E-state index in [1.54, 1.807) is 11.4 Å². The molecule has 2 rings (SSSR count). The Morgan fingerprint density at radius 3 is 2.54 bits per heavy atom. The fourth-order valence-electron chi connectivity index (χ4n) is 2.26. The van der Waals surface area contributed by atoms with Gasteiger partial charge in [0.25, 0.3) is 10.0 Å². The average Bonchev–Trinajstić information content (AvgIpc) is 3.04. The van der Waals surface area contributed by atoms with Crippen molar-refractivity contribution in [1.82, 2.24) is 9.62 Å². The highest BCUT2D eigenvalue weighted by Gasteiger charge is 2.24. The highest BCUT2D eigenvalue weighted by atomic mass is 32.2. The number of sulfonamides is 1. The molecule has 1 amide bonds. The Labute approximate surface area is 147 Å². The summed E-state index contributed by atoms with van der Waals surface area (Å²) in [6.45, 7) is 5.73. The number of nitrogens with zero attached hydrogens (tertiary/aromatic N) is 1. The largest absolute Gasteiger partial charge is 0.348 e. The van der Waals surface area contributed by atoms with Gasteiger partial charge < -0.3 is 5.32 Å². The van der Waals surface area contributed by atoms with Crippen LogP contribution in [0.25, 0.3) is 0 Å².